The summed E-state index contributed by atoms with van der Waals surface area (Å²) in [6, 6.07) is 5.91. The highest BCUT2D eigenvalue weighted by Gasteiger charge is 2.21. The largest absolute Gasteiger partial charge is 0.748 e. The molecule has 1 N–H and O–H groups in total. The van der Waals surface area contributed by atoms with E-state index in [0.717, 1.165) is 37.7 Å². The molecule has 1 saturated heterocycles. The van der Waals surface area contributed by atoms with Gasteiger partial charge in [-0.2, -0.15) is 0 Å². The number of rotatable bonds is 5. The molecule has 21 heavy (non-hydrogen) atoms. The third-order valence-corrected chi connectivity index (χ3v) is 4.93. The molecule has 0 aromatic heterocycles. The first-order valence-corrected chi connectivity index (χ1v) is 9.09. The average Bonchev–Trinajstić information content (AvgIpc) is 2.41. The molecule has 1 aliphatic rings. The fourth-order valence-electron chi connectivity index (χ4n) is 2.74. The molecule has 1 fully saturated rings. The first-order valence-electron chi connectivity index (χ1n) is 7.13. The third-order valence-electron chi connectivity index (χ3n) is 3.91. The van der Waals surface area contributed by atoms with Crippen LogP contribution in [0.5, 0.6) is 0 Å². The van der Waals surface area contributed by atoms with Crippen LogP contribution in [0.15, 0.2) is 18.2 Å². The fraction of sp³-hybridized carbons (Fsp3) is 0.571. The van der Waals surface area contributed by atoms with Crippen LogP contribution in [0, 0.1) is 6.92 Å². The van der Waals surface area contributed by atoms with Crippen LogP contribution in [0.3, 0.4) is 0 Å². The summed E-state index contributed by atoms with van der Waals surface area (Å²) in [4.78, 5) is 3.67. The predicted octanol–water partition coefficient (Wildman–Crippen LogP) is 0.289. The van der Waals surface area contributed by atoms with Crippen molar-refractivity contribution in [3.63, 3.8) is 0 Å². The summed E-state index contributed by atoms with van der Waals surface area (Å²) in [6.07, 6.45) is 0.442. The van der Waals surface area contributed by atoms with E-state index in [9.17, 15) is 13.0 Å². The van der Waals surface area contributed by atoms with E-state index in [-0.39, 0.29) is 5.75 Å². The Balaban J connectivity index is 1.84. The van der Waals surface area contributed by atoms with Crippen molar-refractivity contribution in [2.24, 2.45) is 0 Å². The van der Waals surface area contributed by atoms with E-state index >= 15 is 0 Å². The first kappa shape index (κ1) is 16.5. The lowest BCUT2D eigenvalue weighted by atomic mass is 10.1. The third kappa shape index (κ3) is 5.14. The zero-order valence-electron chi connectivity index (χ0n) is 12.1. The molecule has 7 heteroatoms. The zero-order valence-corrected chi connectivity index (χ0v) is 13.7. The van der Waals surface area contributed by atoms with Crippen LogP contribution >= 0.6 is 11.6 Å². The molecule has 0 amide bonds. The molecule has 1 aromatic carbocycles. The van der Waals surface area contributed by atoms with Gasteiger partial charge in [0.2, 0.25) is 0 Å². The lowest BCUT2D eigenvalue weighted by Gasteiger charge is -2.34. The summed E-state index contributed by atoms with van der Waals surface area (Å²) >= 11 is 6.06. The second kappa shape index (κ2) is 6.96. The van der Waals surface area contributed by atoms with Crippen LogP contribution in [-0.2, 0) is 10.1 Å². The number of halogens is 1. The van der Waals surface area contributed by atoms with E-state index in [4.69, 9.17) is 11.6 Å². The van der Waals surface area contributed by atoms with Crippen molar-refractivity contribution in [1.82, 2.24) is 0 Å². The van der Waals surface area contributed by atoms with Gasteiger partial charge in [-0.1, -0.05) is 17.7 Å². The number of nitrogens with zero attached hydrogens (tertiary/aromatic N) is 1. The second-order valence-corrected chi connectivity index (χ2v) is 7.49. The number of piperazine rings is 1. The highest BCUT2D eigenvalue weighted by Crippen LogP contribution is 2.24. The minimum atomic E-state index is -4.08. The van der Waals surface area contributed by atoms with Crippen molar-refractivity contribution in [2.75, 3.05) is 43.4 Å². The van der Waals surface area contributed by atoms with Gasteiger partial charge < -0.3 is 14.4 Å². The van der Waals surface area contributed by atoms with Crippen molar-refractivity contribution < 1.29 is 17.9 Å². The smallest absolute Gasteiger partial charge is 0.0949 e. The zero-order chi connectivity index (χ0) is 15.5. The molecule has 0 saturated carbocycles. The molecule has 0 atom stereocenters. The van der Waals surface area contributed by atoms with Crippen molar-refractivity contribution in [1.29, 1.82) is 0 Å². The molecule has 2 rings (SSSR count). The minimum Gasteiger partial charge on any atom is -0.748 e. The van der Waals surface area contributed by atoms with Crippen molar-refractivity contribution >= 4 is 27.4 Å². The number of anilines is 1. The number of nitrogens with one attached hydrogen (secondary N) is 1. The SMILES string of the molecule is Cc1ccc(Cl)cc1N1CC[NH+](CCCS(=O)(=O)[O-])CC1. The monoisotopic (exact) mass is 332 g/mol. The summed E-state index contributed by atoms with van der Waals surface area (Å²) in [5.74, 6) is -0.256. The van der Waals surface area contributed by atoms with Gasteiger partial charge in [0.05, 0.1) is 42.8 Å². The van der Waals surface area contributed by atoms with Gasteiger partial charge in [-0.3, -0.25) is 0 Å². The van der Waals surface area contributed by atoms with Crippen LogP contribution in [0.4, 0.5) is 5.69 Å². The van der Waals surface area contributed by atoms with Gasteiger partial charge in [0.25, 0.3) is 0 Å². The van der Waals surface area contributed by atoms with E-state index in [1.165, 1.54) is 16.2 Å². The molecule has 0 unspecified atom stereocenters. The molecular formula is C14H21ClN2O3S. The van der Waals surface area contributed by atoms with Gasteiger partial charge in [-0.25, -0.2) is 8.42 Å². The van der Waals surface area contributed by atoms with Crippen LogP contribution in [0.25, 0.3) is 0 Å². The second-order valence-electron chi connectivity index (χ2n) is 5.53. The summed E-state index contributed by atoms with van der Waals surface area (Å²) in [5.41, 5.74) is 2.38. The molecule has 0 spiro atoms. The summed E-state index contributed by atoms with van der Waals surface area (Å²) in [6.45, 7) is 6.55. The summed E-state index contributed by atoms with van der Waals surface area (Å²) < 4.78 is 31.8. The Labute approximate surface area is 131 Å². The highest BCUT2D eigenvalue weighted by molar-refractivity contribution is 7.85. The van der Waals surface area contributed by atoms with E-state index in [1.807, 2.05) is 18.2 Å². The quantitative estimate of drug-likeness (QED) is 0.787. The Morgan fingerprint density at radius 2 is 2.00 bits per heavy atom. The molecule has 0 aliphatic carbocycles. The van der Waals surface area contributed by atoms with Gasteiger partial charge in [0.1, 0.15) is 0 Å². The molecule has 1 aliphatic heterocycles. The van der Waals surface area contributed by atoms with Gasteiger partial charge in [0.15, 0.2) is 0 Å². The van der Waals surface area contributed by atoms with Crippen molar-refractivity contribution in [3.05, 3.63) is 28.8 Å². The number of hydrogen-bond acceptors (Lipinski definition) is 4. The Bertz CT molecular complexity index is 584. The number of aryl methyl sites for hydroxylation is 1. The van der Waals surface area contributed by atoms with E-state index in [0.29, 0.717) is 6.42 Å². The molecule has 5 nitrogen and oxygen atoms in total. The van der Waals surface area contributed by atoms with Crippen molar-refractivity contribution in [2.45, 2.75) is 13.3 Å². The highest BCUT2D eigenvalue weighted by atomic mass is 35.5. The Morgan fingerprint density at radius 3 is 2.62 bits per heavy atom. The van der Waals surface area contributed by atoms with Crippen molar-refractivity contribution in [3.8, 4) is 0 Å². The Kier molecular flexibility index (Phi) is 5.48. The molecule has 118 valence electrons. The van der Waals surface area contributed by atoms with E-state index in [1.54, 1.807) is 0 Å². The van der Waals surface area contributed by atoms with Crippen LogP contribution in [0.2, 0.25) is 5.02 Å². The Hall–Kier alpha value is -0.820. The standard InChI is InChI=1S/C14H21ClN2O3S/c1-12-3-4-13(15)11-14(12)17-8-6-16(7-9-17)5-2-10-21(18,19)20/h3-4,11H,2,5-10H2,1H3,(H,18,19,20). The number of hydrogen-bond donors (Lipinski definition) is 1. The predicted molar refractivity (Wildman–Crippen MR) is 83.1 cm³/mol. The van der Waals surface area contributed by atoms with Crippen LogP contribution in [0.1, 0.15) is 12.0 Å². The maximum atomic E-state index is 10.6. The fourth-order valence-corrected chi connectivity index (χ4v) is 3.40. The molecule has 0 radical (unpaired) electrons. The normalized spacial score (nSPS) is 17.2. The van der Waals surface area contributed by atoms with Gasteiger partial charge in [-0.15, -0.1) is 0 Å². The lowest BCUT2D eigenvalue weighted by Crippen LogP contribution is -3.14. The van der Waals surface area contributed by atoms with E-state index in [2.05, 4.69) is 11.8 Å². The van der Waals surface area contributed by atoms with Gasteiger partial charge >= 0.3 is 0 Å². The van der Waals surface area contributed by atoms with Gasteiger partial charge in [0, 0.05) is 22.9 Å². The molecular weight excluding hydrogens is 312 g/mol. The van der Waals surface area contributed by atoms with Gasteiger partial charge in [-0.05, 0) is 24.6 Å². The van der Waals surface area contributed by atoms with Crippen LogP contribution < -0.4 is 9.80 Å². The molecule has 0 bridgehead atoms. The summed E-state index contributed by atoms with van der Waals surface area (Å²) in [7, 11) is -4.08. The maximum Gasteiger partial charge on any atom is 0.0949 e. The number of benzene rings is 1. The lowest BCUT2D eigenvalue weighted by molar-refractivity contribution is -0.900. The summed E-state index contributed by atoms with van der Waals surface area (Å²) in [5, 5.41) is 0.742. The van der Waals surface area contributed by atoms with Crippen LogP contribution in [-0.4, -0.2) is 51.4 Å². The van der Waals surface area contributed by atoms with E-state index < -0.39 is 10.1 Å². The minimum absolute atomic E-state index is 0.256. The molecule has 1 aromatic rings. The average molecular weight is 333 g/mol. The molecule has 1 heterocycles. The first-order chi connectivity index (χ1) is 9.85. The number of quaternary nitrogens is 1. The maximum absolute atomic E-state index is 10.6. The Morgan fingerprint density at radius 1 is 1.33 bits per heavy atom. The topological polar surface area (TPSA) is 64.9 Å².